The Morgan fingerprint density at radius 1 is 1.44 bits per heavy atom. The van der Waals surface area contributed by atoms with Crippen LogP contribution in [0.3, 0.4) is 0 Å². The summed E-state index contributed by atoms with van der Waals surface area (Å²) in [6.45, 7) is 3.53. The van der Waals surface area contributed by atoms with Gasteiger partial charge in [0.25, 0.3) is 0 Å². The van der Waals surface area contributed by atoms with Crippen LogP contribution in [0.15, 0.2) is 0 Å². The summed E-state index contributed by atoms with van der Waals surface area (Å²) in [5, 5.41) is 10.8. The minimum Gasteiger partial charge on any atom is -0.481 e. The molecule has 0 fully saturated rings. The van der Waals surface area contributed by atoms with Crippen molar-refractivity contribution < 1.29 is 19.5 Å². The van der Waals surface area contributed by atoms with Crippen LogP contribution in [0.4, 0.5) is 0 Å². The van der Waals surface area contributed by atoms with Crippen LogP contribution in [0.1, 0.15) is 26.7 Å². The van der Waals surface area contributed by atoms with Crippen LogP contribution in [0.5, 0.6) is 0 Å². The first-order chi connectivity index (χ1) is 7.38. The van der Waals surface area contributed by atoms with Crippen LogP contribution in [0.2, 0.25) is 0 Å². The maximum absolute atomic E-state index is 11.4. The number of carbonyl (C=O) groups excluding carboxylic acids is 2. The minimum absolute atomic E-state index is 0.0465. The van der Waals surface area contributed by atoms with Crippen molar-refractivity contribution in [2.45, 2.75) is 38.8 Å². The Labute approximate surface area is 94.2 Å². The second kappa shape index (κ2) is 6.95. The molecule has 4 N–H and O–H groups in total. The second-order valence-electron chi connectivity index (χ2n) is 3.89. The Hall–Kier alpha value is -1.43. The molecular formula is C10H17N2O4. The summed E-state index contributed by atoms with van der Waals surface area (Å²) in [7, 11) is 0. The van der Waals surface area contributed by atoms with Gasteiger partial charge in [-0.1, -0.05) is 13.8 Å². The molecule has 0 spiro atoms. The zero-order valence-corrected chi connectivity index (χ0v) is 9.40. The fourth-order valence-electron chi connectivity index (χ4n) is 1.00. The van der Waals surface area contributed by atoms with Gasteiger partial charge in [0.05, 0.1) is 12.1 Å². The molecule has 0 heterocycles. The number of nitrogens with two attached hydrogens (primary N) is 1. The third kappa shape index (κ3) is 5.45. The predicted molar refractivity (Wildman–Crippen MR) is 57.3 cm³/mol. The number of carboxylic acids is 1. The molecule has 0 aromatic carbocycles. The molecule has 2 atom stereocenters. The molecule has 1 amide bonds. The van der Waals surface area contributed by atoms with Crippen molar-refractivity contribution in [1.82, 2.24) is 5.32 Å². The molecule has 16 heavy (non-hydrogen) atoms. The van der Waals surface area contributed by atoms with Gasteiger partial charge in [-0.2, -0.15) is 0 Å². The summed E-state index contributed by atoms with van der Waals surface area (Å²) in [6.07, 6.45) is 1.57. The number of hydrogen-bond acceptors (Lipinski definition) is 4. The van der Waals surface area contributed by atoms with Crippen LogP contribution in [0, 0.1) is 5.92 Å². The lowest BCUT2D eigenvalue weighted by molar-refractivity contribution is -0.137. The third-order valence-corrected chi connectivity index (χ3v) is 2.10. The van der Waals surface area contributed by atoms with Gasteiger partial charge in [0.1, 0.15) is 0 Å². The molecule has 0 aromatic rings. The van der Waals surface area contributed by atoms with Gasteiger partial charge in [0.15, 0.2) is 0 Å². The highest BCUT2D eigenvalue weighted by Gasteiger charge is 2.20. The molecule has 0 aliphatic rings. The van der Waals surface area contributed by atoms with E-state index in [0.29, 0.717) is 0 Å². The molecule has 6 nitrogen and oxygen atoms in total. The quantitative estimate of drug-likeness (QED) is 0.541. The molecule has 6 heteroatoms. The van der Waals surface area contributed by atoms with Gasteiger partial charge in [-0.25, -0.2) is 0 Å². The summed E-state index contributed by atoms with van der Waals surface area (Å²) >= 11 is 0. The summed E-state index contributed by atoms with van der Waals surface area (Å²) in [5.41, 5.74) is 5.46. The van der Waals surface area contributed by atoms with Crippen molar-refractivity contribution in [3.63, 3.8) is 0 Å². The predicted octanol–water partition coefficient (Wildman–Crippen LogP) is -0.571. The zero-order valence-electron chi connectivity index (χ0n) is 9.40. The summed E-state index contributed by atoms with van der Waals surface area (Å²) in [4.78, 5) is 32.2. The number of aliphatic carboxylic acids is 1. The molecule has 0 rings (SSSR count). The average molecular weight is 229 g/mol. The number of hydrogen-bond donors (Lipinski definition) is 3. The molecule has 0 aliphatic heterocycles. The highest BCUT2D eigenvalue weighted by atomic mass is 16.4. The fourth-order valence-corrected chi connectivity index (χ4v) is 1.00. The molecule has 0 saturated carbocycles. The highest BCUT2D eigenvalue weighted by Crippen LogP contribution is 2.00. The Bertz CT molecular complexity index is 266. The van der Waals surface area contributed by atoms with E-state index in [4.69, 9.17) is 10.8 Å². The van der Waals surface area contributed by atoms with E-state index in [9.17, 15) is 14.4 Å². The summed E-state index contributed by atoms with van der Waals surface area (Å²) < 4.78 is 0. The number of nitrogens with one attached hydrogen (secondary N) is 1. The maximum atomic E-state index is 11.4. The van der Waals surface area contributed by atoms with Gasteiger partial charge in [0.2, 0.25) is 12.2 Å². The Morgan fingerprint density at radius 3 is 2.38 bits per heavy atom. The molecule has 1 radical (unpaired) electrons. The molecular weight excluding hydrogens is 212 g/mol. The molecule has 0 aliphatic carbocycles. The minimum atomic E-state index is -1.01. The van der Waals surface area contributed by atoms with E-state index >= 15 is 0 Å². The number of rotatable bonds is 7. The van der Waals surface area contributed by atoms with Crippen LogP contribution in [-0.2, 0) is 14.4 Å². The number of carbonyl (C=O) groups is 2. The zero-order chi connectivity index (χ0) is 12.7. The largest absolute Gasteiger partial charge is 0.481 e. The van der Waals surface area contributed by atoms with Gasteiger partial charge >= 0.3 is 5.97 Å². The molecule has 91 valence electrons. The Balaban J connectivity index is 4.13. The molecule has 0 bridgehead atoms. The first kappa shape index (κ1) is 14.6. The first-order valence-corrected chi connectivity index (χ1v) is 5.04. The van der Waals surface area contributed by atoms with Crippen molar-refractivity contribution in [1.29, 1.82) is 0 Å². The second-order valence-corrected chi connectivity index (χ2v) is 3.89. The van der Waals surface area contributed by atoms with Crippen LogP contribution in [0.25, 0.3) is 0 Å². The van der Waals surface area contributed by atoms with Gasteiger partial charge in [0, 0.05) is 6.42 Å². The average Bonchev–Trinajstić information content (AvgIpc) is 2.21. The maximum Gasteiger partial charge on any atom is 0.303 e. The van der Waals surface area contributed by atoms with E-state index in [1.165, 1.54) is 0 Å². The molecule has 0 saturated heterocycles. The lowest BCUT2D eigenvalue weighted by Crippen LogP contribution is -2.48. The van der Waals surface area contributed by atoms with Crippen molar-refractivity contribution in [2.75, 3.05) is 0 Å². The lowest BCUT2D eigenvalue weighted by atomic mass is 10.0. The summed E-state index contributed by atoms with van der Waals surface area (Å²) in [6, 6.07) is -1.62. The molecule has 0 unspecified atom stereocenters. The highest BCUT2D eigenvalue weighted by molar-refractivity contribution is 5.84. The smallest absolute Gasteiger partial charge is 0.303 e. The van der Waals surface area contributed by atoms with E-state index in [1.54, 1.807) is 20.1 Å². The Kier molecular flexibility index (Phi) is 6.32. The van der Waals surface area contributed by atoms with Gasteiger partial charge in [-0.15, -0.1) is 0 Å². The van der Waals surface area contributed by atoms with E-state index in [0.717, 1.165) is 0 Å². The fraction of sp³-hybridized carbons (Fsp3) is 0.700. The number of amides is 1. The Morgan fingerprint density at radius 2 is 2.00 bits per heavy atom. The van der Waals surface area contributed by atoms with Gasteiger partial charge in [-0.05, 0) is 12.3 Å². The van der Waals surface area contributed by atoms with Crippen molar-refractivity contribution >= 4 is 18.2 Å². The van der Waals surface area contributed by atoms with E-state index in [-0.39, 0.29) is 18.8 Å². The summed E-state index contributed by atoms with van der Waals surface area (Å²) in [5.74, 6) is -1.61. The van der Waals surface area contributed by atoms with Crippen molar-refractivity contribution in [2.24, 2.45) is 11.7 Å². The van der Waals surface area contributed by atoms with E-state index in [2.05, 4.69) is 5.32 Å². The third-order valence-electron chi connectivity index (χ3n) is 2.10. The first-order valence-electron chi connectivity index (χ1n) is 5.04. The lowest BCUT2D eigenvalue weighted by Gasteiger charge is -2.18. The van der Waals surface area contributed by atoms with Gasteiger partial charge < -0.3 is 16.2 Å². The molecule has 0 aromatic heterocycles. The van der Waals surface area contributed by atoms with Crippen molar-refractivity contribution in [3.8, 4) is 0 Å². The van der Waals surface area contributed by atoms with Gasteiger partial charge in [-0.3, -0.25) is 14.4 Å². The normalized spacial score (nSPS) is 14.2. The van der Waals surface area contributed by atoms with Crippen LogP contribution < -0.4 is 11.1 Å². The van der Waals surface area contributed by atoms with E-state index in [1.807, 2.05) is 0 Å². The van der Waals surface area contributed by atoms with Crippen molar-refractivity contribution in [3.05, 3.63) is 0 Å². The SMILES string of the molecule is CC(C)[C@@H]([C]=O)NC(=O)[C@@H](N)CCC(=O)O. The van der Waals surface area contributed by atoms with Crippen LogP contribution >= 0.6 is 0 Å². The topological polar surface area (TPSA) is 109 Å². The van der Waals surface area contributed by atoms with Crippen LogP contribution in [-0.4, -0.2) is 35.4 Å². The standard InChI is InChI=1S/C10H17N2O4/c1-6(2)8(5-13)12-10(16)7(11)3-4-9(14)15/h6-8H,3-4,11H2,1-2H3,(H,12,16)(H,14,15)/t7-,8+/m0/s1. The monoisotopic (exact) mass is 229 g/mol. The number of carboxylic acid groups (broad SMARTS) is 1. The van der Waals surface area contributed by atoms with E-state index < -0.39 is 24.0 Å².